The summed E-state index contributed by atoms with van der Waals surface area (Å²) in [6, 6.07) is -0.456. The van der Waals surface area contributed by atoms with Gasteiger partial charge in [-0.2, -0.15) is 0 Å². The summed E-state index contributed by atoms with van der Waals surface area (Å²) in [5.74, 6) is -1.41. The van der Waals surface area contributed by atoms with Crippen molar-refractivity contribution >= 4 is 24.0 Å². The summed E-state index contributed by atoms with van der Waals surface area (Å²) in [6.07, 6.45) is 1.93. The van der Waals surface area contributed by atoms with Gasteiger partial charge in [-0.15, -0.1) is 0 Å². The molecule has 0 unspecified atom stereocenters. The molecule has 0 radical (unpaired) electrons. The van der Waals surface area contributed by atoms with Crippen LogP contribution in [0.15, 0.2) is 12.2 Å². The monoisotopic (exact) mass is 400 g/mol. The van der Waals surface area contributed by atoms with E-state index in [0.29, 0.717) is 26.2 Å². The third-order valence-corrected chi connectivity index (χ3v) is 3.56. The smallest absolute Gasteiger partial charge is 0.331 e. The molecule has 0 fully saturated rings. The highest BCUT2D eigenvalue weighted by molar-refractivity contribution is 5.91. The van der Waals surface area contributed by atoms with Crippen LogP contribution in [-0.2, 0) is 19.1 Å². The first-order valence-corrected chi connectivity index (χ1v) is 9.46. The average molecular weight is 400 g/mol. The molecule has 0 aromatic rings. The molecule has 0 saturated heterocycles. The highest BCUT2D eigenvalue weighted by atomic mass is 16.5. The molecule has 160 valence electrons. The number of ether oxygens (including phenoxy) is 2. The van der Waals surface area contributed by atoms with E-state index in [1.165, 1.54) is 9.80 Å². The lowest BCUT2D eigenvalue weighted by molar-refractivity contribution is -0.140. The van der Waals surface area contributed by atoms with E-state index in [9.17, 15) is 19.2 Å². The fraction of sp³-hybridized carbons (Fsp3) is 0.667. The molecule has 2 N–H and O–H groups in total. The van der Waals surface area contributed by atoms with Gasteiger partial charge in [-0.3, -0.25) is 0 Å². The van der Waals surface area contributed by atoms with Crippen LogP contribution in [0.1, 0.15) is 27.7 Å². The van der Waals surface area contributed by atoms with Crippen molar-refractivity contribution in [1.29, 1.82) is 0 Å². The second kappa shape index (κ2) is 15.3. The van der Waals surface area contributed by atoms with Gasteiger partial charge in [0.2, 0.25) is 0 Å². The number of rotatable bonds is 12. The van der Waals surface area contributed by atoms with Crippen molar-refractivity contribution in [3.05, 3.63) is 12.2 Å². The lowest BCUT2D eigenvalue weighted by atomic mass is 10.5. The third kappa shape index (κ3) is 11.0. The molecule has 10 nitrogen and oxygen atoms in total. The number of likely N-dealkylation sites (N-methyl/N-ethyl adjacent to an activating group) is 2. The Balaban J connectivity index is 4.14. The lowest BCUT2D eigenvalue weighted by Gasteiger charge is -2.20. The van der Waals surface area contributed by atoms with Crippen LogP contribution in [0.4, 0.5) is 9.59 Å². The van der Waals surface area contributed by atoms with E-state index in [0.717, 1.165) is 12.2 Å². The minimum atomic E-state index is -0.707. The van der Waals surface area contributed by atoms with Crippen molar-refractivity contribution < 1.29 is 28.7 Å². The summed E-state index contributed by atoms with van der Waals surface area (Å²) in [5.41, 5.74) is 0. The van der Waals surface area contributed by atoms with Crippen molar-refractivity contribution in [3.8, 4) is 0 Å². The number of esters is 2. The molecule has 0 aliphatic heterocycles. The van der Waals surface area contributed by atoms with Crippen LogP contribution in [0.25, 0.3) is 0 Å². The molecule has 10 heteroatoms. The first-order valence-electron chi connectivity index (χ1n) is 9.46. The zero-order valence-corrected chi connectivity index (χ0v) is 17.2. The van der Waals surface area contributed by atoms with Gasteiger partial charge in [0.25, 0.3) is 0 Å². The Labute approximate surface area is 166 Å². The number of hydrogen-bond donors (Lipinski definition) is 2. The van der Waals surface area contributed by atoms with Crippen molar-refractivity contribution in [1.82, 2.24) is 20.4 Å². The van der Waals surface area contributed by atoms with Gasteiger partial charge in [0.15, 0.2) is 0 Å². The van der Waals surface area contributed by atoms with Crippen LogP contribution < -0.4 is 10.6 Å². The Bertz CT molecular complexity index is 492. The fourth-order valence-corrected chi connectivity index (χ4v) is 2.08. The van der Waals surface area contributed by atoms with Crippen molar-refractivity contribution in [3.63, 3.8) is 0 Å². The standard InChI is InChI=1S/C18H32N4O6/c1-5-19-17(25)21(7-3)11-13-27-15(23)9-10-16(24)28-14-12-22(8-4)18(26)20-6-2/h9-10H,5-8,11-14H2,1-4H3,(H,19,25)(H,20,26)/b10-9+. The zero-order chi connectivity index (χ0) is 21.4. The second-order valence-corrected chi connectivity index (χ2v) is 5.50. The van der Waals surface area contributed by atoms with E-state index in [1.54, 1.807) is 0 Å². The van der Waals surface area contributed by atoms with Crippen LogP contribution in [0.3, 0.4) is 0 Å². The molecule has 0 aliphatic carbocycles. The summed E-state index contributed by atoms with van der Waals surface area (Å²) in [4.78, 5) is 49.6. The molecule has 0 aromatic heterocycles. The van der Waals surface area contributed by atoms with E-state index in [1.807, 2.05) is 27.7 Å². The lowest BCUT2D eigenvalue weighted by Crippen LogP contribution is -2.41. The van der Waals surface area contributed by atoms with Crippen LogP contribution >= 0.6 is 0 Å². The Morgan fingerprint density at radius 2 is 1.07 bits per heavy atom. The Morgan fingerprint density at radius 1 is 0.714 bits per heavy atom. The van der Waals surface area contributed by atoms with E-state index in [-0.39, 0.29) is 38.4 Å². The summed E-state index contributed by atoms with van der Waals surface area (Å²) in [6.45, 7) is 9.79. The number of amides is 4. The van der Waals surface area contributed by atoms with Crippen LogP contribution in [-0.4, -0.2) is 86.3 Å². The number of hydrogen-bond acceptors (Lipinski definition) is 6. The first-order chi connectivity index (χ1) is 13.4. The van der Waals surface area contributed by atoms with E-state index < -0.39 is 11.9 Å². The van der Waals surface area contributed by atoms with Gasteiger partial charge in [-0.25, -0.2) is 19.2 Å². The van der Waals surface area contributed by atoms with Gasteiger partial charge in [0, 0.05) is 38.3 Å². The molecule has 0 heterocycles. The predicted molar refractivity (Wildman–Crippen MR) is 104 cm³/mol. The highest BCUT2D eigenvalue weighted by Gasteiger charge is 2.12. The summed E-state index contributed by atoms with van der Waals surface area (Å²) < 4.78 is 9.91. The highest BCUT2D eigenvalue weighted by Crippen LogP contribution is 1.93. The van der Waals surface area contributed by atoms with E-state index in [2.05, 4.69) is 10.6 Å². The number of nitrogens with zero attached hydrogens (tertiary/aromatic N) is 2. The summed E-state index contributed by atoms with van der Waals surface area (Å²) in [7, 11) is 0. The predicted octanol–water partition coefficient (Wildman–Crippen LogP) is 0.732. The minimum absolute atomic E-state index is 0.0151. The van der Waals surface area contributed by atoms with Crippen LogP contribution in [0.5, 0.6) is 0 Å². The molecule has 0 bridgehead atoms. The zero-order valence-electron chi connectivity index (χ0n) is 17.2. The van der Waals surface area contributed by atoms with Crippen molar-refractivity contribution in [2.75, 3.05) is 52.5 Å². The number of urea groups is 2. The molecule has 0 spiro atoms. The minimum Gasteiger partial charge on any atom is -0.461 e. The summed E-state index contributed by atoms with van der Waals surface area (Å²) in [5, 5.41) is 5.33. The second-order valence-electron chi connectivity index (χ2n) is 5.50. The van der Waals surface area contributed by atoms with Gasteiger partial charge in [0.1, 0.15) is 13.2 Å². The molecule has 4 amide bonds. The van der Waals surface area contributed by atoms with Gasteiger partial charge < -0.3 is 29.9 Å². The van der Waals surface area contributed by atoms with Gasteiger partial charge in [-0.1, -0.05) is 0 Å². The Kier molecular flexibility index (Phi) is 13.8. The molecular weight excluding hydrogens is 368 g/mol. The fourth-order valence-electron chi connectivity index (χ4n) is 2.08. The Morgan fingerprint density at radius 3 is 1.36 bits per heavy atom. The van der Waals surface area contributed by atoms with Gasteiger partial charge in [0.05, 0.1) is 13.1 Å². The molecule has 28 heavy (non-hydrogen) atoms. The maximum Gasteiger partial charge on any atom is 0.331 e. The third-order valence-electron chi connectivity index (χ3n) is 3.56. The molecule has 0 rings (SSSR count). The van der Waals surface area contributed by atoms with Crippen molar-refractivity contribution in [2.24, 2.45) is 0 Å². The molecule has 0 atom stereocenters. The molecule has 0 aliphatic rings. The van der Waals surface area contributed by atoms with Crippen LogP contribution in [0.2, 0.25) is 0 Å². The van der Waals surface area contributed by atoms with Gasteiger partial charge in [-0.05, 0) is 27.7 Å². The number of nitrogens with one attached hydrogen (secondary N) is 2. The number of carbonyl (C=O) groups excluding carboxylic acids is 4. The quantitative estimate of drug-likeness (QED) is 0.368. The Hall–Kier alpha value is -2.78. The van der Waals surface area contributed by atoms with Crippen LogP contribution in [0, 0.1) is 0 Å². The normalized spacial score (nSPS) is 10.3. The summed E-state index contributed by atoms with van der Waals surface area (Å²) >= 11 is 0. The number of carbonyl (C=O) groups is 4. The average Bonchev–Trinajstić information content (AvgIpc) is 2.67. The first kappa shape index (κ1) is 25.2. The largest absolute Gasteiger partial charge is 0.461 e. The van der Waals surface area contributed by atoms with Gasteiger partial charge >= 0.3 is 24.0 Å². The maximum atomic E-state index is 11.7. The van der Waals surface area contributed by atoms with E-state index in [4.69, 9.17) is 9.47 Å². The SMILES string of the molecule is CCNC(=O)N(CC)CCOC(=O)/C=C/C(=O)OCCN(CC)C(=O)NCC. The van der Waals surface area contributed by atoms with Crippen molar-refractivity contribution in [2.45, 2.75) is 27.7 Å². The van der Waals surface area contributed by atoms with E-state index >= 15 is 0 Å². The maximum absolute atomic E-state index is 11.7. The topological polar surface area (TPSA) is 117 Å². The molecule has 0 saturated carbocycles. The molecule has 0 aromatic carbocycles. The molecular formula is C18H32N4O6.